The van der Waals surface area contributed by atoms with Crippen LogP contribution in [0.3, 0.4) is 0 Å². The molecule has 1 unspecified atom stereocenters. The summed E-state index contributed by atoms with van der Waals surface area (Å²) in [5.41, 5.74) is 2.58. The van der Waals surface area contributed by atoms with Crippen LogP contribution in [-0.2, 0) is 30.3 Å². The number of H-pyrrole nitrogens is 1. The number of aromatic nitrogens is 3. The Morgan fingerprint density at radius 3 is 2.26 bits per heavy atom. The fraction of sp³-hybridized carbons (Fsp3) is 0.250. The number of carbonyl (C=O) groups excluding carboxylic acids is 4. The number of nitrogens with one attached hydrogen (secondary N) is 4. The Bertz CT molecular complexity index is 1580. The van der Waals surface area contributed by atoms with Crippen molar-refractivity contribution in [2.24, 2.45) is 0 Å². The van der Waals surface area contributed by atoms with Crippen LogP contribution in [0.1, 0.15) is 36.6 Å². The number of carbonyl (C=O) groups is 4. The van der Waals surface area contributed by atoms with Gasteiger partial charge in [-0.1, -0.05) is 60.7 Å². The van der Waals surface area contributed by atoms with Crippen molar-refractivity contribution in [2.45, 2.75) is 43.9 Å². The molecule has 0 saturated heterocycles. The molecule has 2 aromatic carbocycles. The van der Waals surface area contributed by atoms with Gasteiger partial charge in [-0.2, -0.15) is 13.2 Å². The van der Waals surface area contributed by atoms with Crippen molar-refractivity contribution in [2.75, 3.05) is 11.9 Å². The SMILES string of the molecule is O=C(CCCNc1ccccn1)N[C@@H](Cc1cnc[nH]1)C(=O)NC(CC(=O)OC(=O)C(F)(F)F)c1ccc(-c2ccccc2)cc1. The molecule has 2 aromatic heterocycles. The first-order chi connectivity index (χ1) is 22.1. The number of hydrogen-bond donors (Lipinski definition) is 4. The van der Waals surface area contributed by atoms with Crippen molar-refractivity contribution < 1.29 is 37.1 Å². The molecule has 4 aromatic rings. The third-order valence-corrected chi connectivity index (χ3v) is 6.73. The number of esters is 2. The van der Waals surface area contributed by atoms with E-state index >= 15 is 0 Å². The summed E-state index contributed by atoms with van der Waals surface area (Å²) in [7, 11) is 0. The molecule has 46 heavy (non-hydrogen) atoms. The maximum absolute atomic E-state index is 13.6. The number of halogens is 3. The molecule has 4 N–H and O–H groups in total. The van der Waals surface area contributed by atoms with Crippen LogP contribution >= 0.6 is 0 Å². The highest BCUT2D eigenvalue weighted by molar-refractivity contribution is 5.90. The molecule has 0 aliphatic heterocycles. The fourth-order valence-electron chi connectivity index (χ4n) is 4.46. The van der Waals surface area contributed by atoms with E-state index in [2.05, 4.69) is 35.6 Å². The van der Waals surface area contributed by atoms with Gasteiger partial charge in [0, 0.05) is 37.5 Å². The van der Waals surface area contributed by atoms with Gasteiger partial charge in [0.05, 0.1) is 18.8 Å². The van der Waals surface area contributed by atoms with E-state index in [-0.39, 0.29) is 12.8 Å². The molecule has 0 radical (unpaired) electrons. The van der Waals surface area contributed by atoms with Gasteiger partial charge >= 0.3 is 18.1 Å². The van der Waals surface area contributed by atoms with Gasteiger partial charge in [0.25, 0.3) is 0 Å². The molecular formula is C32H31F3N6O5. The minimum Gasteiger partial charge on any atom is -0.386 e. The number of hydrogen-bond acceptors (Lipinski definition) is 8. The first-order valence-electron chi connectivity index (χ1n) is 14.3. The minimum atomic E-state index is -5.38. The highest BCUT2D eigenvalue weighted by atomic mass is 19.4. The second kappa shape index (κ2) is 16.0. The second-order valence-corrected chi connectivity index (χ2v) is 10.2. The van der Waals surface area contributed by atoms with E-state index in [1.807, 2.05) is 36.4 Å². The summed E-state index contributed by atoms with van der Waals surface area (Å²) >= 11 is 0. The molecule has 0 bridgehead atoms. The minimum absolute atomic E-state index is 0.000426. The summed E-state index contributed by atoms with van der Waals surface area (Å²) in [5, 5.41) is 8.42. The van der Waals surface area contributed by atoms with Gasteiger partial charge in [-0.3, -0.25) is 14.4 Å². The molecule has 240 valence electrons. The zero-order chi connectivity index (χ0) is 32.9. The molecule has 14 heteroatoms. The molecule has 0 aliphatic carbocycles. The maximum Gasteiger partial charge on any atom is 0.491 e. The Morgan fingerprint density at radius 2 is 1.61 bits per heavy atom. The van der Waals surface area contributed by atoms with Gasteiger partial charge in [0.2, 0.25) is 11.8 Å². The topological polar surface area (TPSA) is 155 Å². The zero-order valence-corrected chi connectivity index (χ0v) is 24.4. The number of nitrogens with zero attached hydrogens (tertiary/aromatic N) is 2. The average molecular weight is 637 g/mol. The number of ether oxygens (including phenoxy) is 1. The van der Waals surface area contributed by atoms with Crippen molar-refractivity contribution in [1.29, 1.82) is 0 Å². The van der Waals surface area contributed by atoms with Gasteiger partial charge in [-0.15, -0.1) is 0 Å². The number of aromatic amines is 1. The second-order valence-electron chi connectivity index (χ2n) is 10.2. The molecule has 0 fully saturated rings. The van der Waals surface area contributed by atoms with Crippen molar-refractivity contribution in [3.05, 3.63) is 103 Å². The van der Waals surface area contributed by atoms with Crippen LogP contribution in [0.4, 0.5) is 19.0 Å². The average Bonchev–Trinajstić information content (AvgIpc) is 3.56. The molecule has 0 spiro atoms. The van der Waals surface area contributed by atoms with E-state index in [1.165, 1.54) is 12.5 Å². The molecule has 2 atom stereocenters. The van der Waals surface area contributed by atoms with Crippen molar-refractivity contribution in [3.8, 4) is 11.1 Å². The van der Waals surface area contributed by atoms with E-state index in [0.717, 1.165) is 11.1 Å². The van der Waals surface area contributed by atoms with Crippen LogP contribution in [0.25, 0.3) is 11.1 Å². The van der Waals surface area contributed by atoms with E-state index in [9.17, 15) is 32.3 Å². The smallest absolute Gasteiger partial charge is 0.386 e. The number of benzene rings is 2. The Kier molecular flexibility index (Phi) is 11.6. The molecular weight excluding hydrogens is 605 g/mol. The lowest BCUT2D eigenvalue weighted by Gasteiger charge is -2.23. The highest BCUT2D eigenvalue weighted by Crippen LogP contribution is 2.25. The molecule has 0 saturated carbocycles. The van der Waals surface area contributed by atoms with Crippen LogP contribution in [0, 0.1) is 0 Å². The maximum atomic E-state index is 13.6. The van der Waals surface area contributed by atoms with Crippen molar-refractivity contribution in [1.82, 2.24) is 25.6 Å². The third-order valence-electron chi connectivity index (χ3n) is 6.73. The number of pyridine rings is 1. The highest BCUT2D eigenvalue weighted by Gasteiger charge is 2.42. The van der Waals surface area contributed by atoms with Crippen LogP contribution in [0.5, 0.6) is 0 Å². The Labute approximate surface area is 262 Å². The Morgan fingerprint density at radius 1 is 0.891 bits per heavy atom. The zero-order valence-electron chi connectivity index (χ0n) is 24.4. The number of rotatable bonds is 14. The molecule has 2 amide bonds. The fourth-order valence-corrected chi connectivity index (χ4v) is 4.46. The van der Waals surface area contributed by atoms with Gasteiger partial charge in [0.15, 0.2) is 0 Å². The van der Waals surface area contributed by atoms with Gasteiger partial charge in [-0.25, -0.2) is 14.8 Å². The van der Waals surface area contributed by atoms with Crippen LogP contribution < -0.4 is 16.0 Å². The van der Waals surface area contributed by atoms with Gasteiger partial charge in [-0.05, 0) is 35.2 Å². The quantitative estimate of drug-likeness (QED) is 0.0909. The summed E-state index contributed by atoms with van der Waals surface area (Å²) in [6.07, 6.45) is -1.16. The number of imidazole rings is 1. The Balaban J connectivity index is 1.48. The largest absolute Gasteiger partial charge is 0.491 e. The van der Waals surface area contributed by atoms with Crippen LogP contribution in [-0.4, -0.2) is 57.5 Å². The number of anilines is 1. The molecule has 0 aliphatic rings. The van der Waals surface area contributed by atoms with E-state index in [0.29, 0.717) is 30.0 Å². The lowest BCUT2D eigenvalue weighted by atomic mass is 9.98. The van der Waals surface area contributed by atoms with Crippen molar-refractivity contribution in [3.63, 3.8) is 0 Å². The standard InChI is InChI=1S/C32H31F3N6O5/c33-32(34,35)31(45)46-29(43)18-25(23-13-11-22(12-14-23)21-7-2-1-3-8-21)41-30(44)26(17-24-19-36-20-39-24)40-28(42)10-6-16-38-27-9-4-5-15-37-27/h1-5,7-9,11-15,19-20,25-26H,6,10,16-18H2,(H,36,39)(H,37,38)(H,40,42)(H,41,44)/t25?,26-/m0/s1. The molecule has 4 rings (SSSR count). The lowest BCUT2D eigenvalue weighted by molar-refractivity contribution is -0.202. The Hall–Kier alpha value is -5.53. The summed E-state index contributed by atoms with van der Waals surface area (Å²) in [4.78, 5) is 61.1. The first kappa shape index (κ1) is 33.4. The van der Waals surface area contributed by atoms with Crippen LogP contribution in [0.2, 0.25) is 0 Å². The normalized spacial score (nSPS) is 12.4. The number of alkyl halides is 3. The summed E-state index contributed by atoms with van der Waals surface area (Å²) < 4.78 is 42.2. The van der Waals surface area contributed by atoms with Gasteiger partial charge in [0.1, 0.15) is 11.9 Å². The summed E-state index contributed by atoms with van der Waals surface area (Å²) in [6.45, 7) is 0.446. The van der Waals surface area contributed by atoms with E-state index in [4.69, 9.17) is 0 Å². The molecule has 2 heterocycles. The van der Waals surface area contributed by atoms with Crippen LogP contribution in [0.15, 0.2) is 91.5 Å². The number of amides is 2. The molecule has 11 nitrogen and oxygen atoms in total. The monoisotopic (exact) mass is 636 g/mol. The van der Waals surface area contributed by atoms with Gasteiger partial charge < -0.3 is 25.7 Å². The summed E-state index contributed by atoms with van der Waals surface area (Å²) in [6, 6.07) is 19.0. The van der Waals surface area contributed by atoms with E-state index < -0.39 is 48.4 Å². The van der Waals surface area contributed by atoms with Crippen molar-refractivity contribution >= 4 is 29.6 Å². The third kappa shape index (κ3) is 10.3. The van der Waals surface area contributed by atoms with E-state index in [1.54, 1.807) is 42.6 Å². The predicted molar refractivity (Wildman–Crippen MR) is 161 cm³/mol. The summed E-state index contributed by atoms with van der Waals surface area (Å²) in [5.74, 6) is -4.65. The lowest BCUT2D eigenvalue weighted by Crippen LogP contribution is -2.49. The first-order valence-corrected chi connectivity index (χ1v) is 14.3. The predicted octanol–water partition coefficient (Wildman–Crippen LogP) is 4.27.